The molecule has 5 nitrogen and oxygen atoms in total. The Hall–Kier alpha value is -2.89. The molecule has 3 rings (SSSR count). The molecular weight excluding hydrogens is 369 g/mol. The summed E-state index contributed by atoms with van der Waals surface area (Å²) in [5, 5.41) is 5.86. The minimum Gasteiger partial charge on any atom is -0.356 e. The lowest BCUT2D eigenvalue weighted by atomic mass is 10.1. The second-order valence-corrected chi connectivity index (χ2v) is 7.55. The minimum atomic E-state index is -0.350. The Morgan fingerprint density at radius 1 is 1.03 bits per heavy atom. The van der Waals surface area contributed by atoms with Crippen molar-refractivity contribution in [2.75, 3.05) is 23.3 Å². The van der Waals surface area contributed by atoms with Crippen LogP contribution in [0, 0.1) is 18.7 Å². The molecule has 6 heteroatoms. The van der Waals surface area contributed by atoms with Crippen LogP contribution < -0.4 is 15.5 Å². The highest BCUT2D eigenvalue weighted by atomic mass is 19.1. The number of halogens is 1. The van der Waals surface area contributed by atoms with E-state index in [4.69, 9.17) is 0 Å². The van der Waals surface area contributed by atoms with Gasteiger partial charge in [0.15, 0.2) is 0 Å². The van der Waals surface area contributed by atoms with E-state index in [-0.39, 0.29) is 23.7 Å². The fourth-order valence-electron chi connectivity index (χ4n) is 3.58. The van der Waals surface area contributed by atoms with Crippen molar-refractivity contribution < 1.29 is 14.0 Å². The summed E-state index contributed by atoms with van der Waals surface area (Å²) in [4.78, 5) is 26.6. The van der Waals surface area contributed by atoms with Gasteiger partial charge in [-0.3, -0.25) is 9.69 Å². The largest absolute Gasteiger partial charge is 0.356 e. The van der Waals surface area contributed by atoms with E-state index >= 15 is 0 Å². The molecule has 0 unspecified atom stereocenters. The van der Waals surface area contributed by atoms with Gasteiger partial charge in [-0.1, -0.05) is 30.5 Å². The lowest BCUT2D eigenvalue weighted by molar-refractivity contribution is -0.124. The van der Waals surface area contributed by atoms with Crippen LogP contribution in [0.15, 0.2) is 48.5 Å². The maximum Gasteiger partial charge on any atom is 0.326 e. The number of rotatable bonds is 7. The summed E-state index contributed by atoms with van der Waals surface area (Å²) in [5.74, 6) is -0.107. The summed E-state index contributed by atoms with van der Waals surface area (Å²) in [6.45, 7) is 2.90. The van der Waals surface area contributed by atoms with Gasteiger partial charge in [-0.25, -0.2) is 9.18 Å². The van der Waals surface area contributed by atoms with Crippen LogP contribution in [0.2, 0.25) is 0 Å². The molecular formula is C23H28FN3O2. The third-order valence-corrected chi connectivity index (χ3v) is 5.27. The molecule has 1 aliphatic carbocycles. The second kappa shape index (κ2) is 10.0. The molecule has 0 bridgehead atoms. The molecule has 29 heavy (non-hydrogen) atoms. The van der Waals surface area contributed by atoms with Crippen molar-refractivity contribution in [1.29, 1.82) is 0 Å². The van der Waals surface area contributed by atoms with E-state index < -0.39 is 0 Å². The first-order valence-electron chi connectivity index (χ1n) is 10.2. The highest BCUT2D eigenvalue weighted by Gasteiger charge is 2.22. The van der Waals surface area contributed by atoms with E-state index in [1.165, 1.54) is 12.1 Å². The molecule has 2 aromatic carbocycles. The first kappa shape index (κ1) is 20.8. The van der Waals surface area contributed by atoms with Gasteiger partial charge in [0.1, 0.15) is 5.82 Å². The molecule has 1 aliphatic rings. The Kier molecular flexibility index (Phi) is 7.22. The van der Waals surface area contributed by atoms with E-state index in [0.717, 1.165) is 31.2 Å². The molecule has 0 spiro atoms. The van der Waals surface area contributed by atoms with Crippen LogP contribution in [-0.2, 0) is 4.79 Å². The Morgan fingerprint density at radius 2 is 1.69 bits per heavy atom. The molecule has 0 aromatic heterocycles. The molecule has 2 aromatic rings. The zero-order valence-corrected chi connectivity index (χ0v) is 16.8. The summed E-state index contributed by atoms with van der Waals surface area (Å²) < 4.78 is 13.3. The van der Waals surface area contributed by atoms with Gasteiger partial charge in [0.2, 0.25) is 5.91 Å². The molecule has 0 atom stereocenters. The fraction of sp³-hybridized carbons (Fsp3) is 0.391. The quantitative estimate of drug-likeness (QED) is 0.655. The number of hydrogen-bond acceptors (Lipinski definition) is 2. The number of amides is 3. The van der Waals surface area contributed by atoms with Crippen LogP contribution in [0.5, 0.6) is 0 Å². The highest BCUT2D eigenvalue weighted by molar-refractivity contribution is 6.01. The molecule has 0 aliphatic heterocycles. The third kappa shape index (κ3) is 6.04. The van der Waals surface area contributed by atoms with E-state index in [2.05, 4.69) is 10.6 Å². The predicted molar refractivity (Wildman–Crippen MR) is 114 cm³/mol. The van der Waals surface area contributed by atoms with Crippen LogP contribution in [0.1, 0.15) is 37.7 Å². The summed E-state index contributed by atoms with van der Waals surface area (Å²) in [7, 11) is 0. The van der Waals surface area contributed by atoms with E-state index in [1.54, 1.807) is 17.0 Å². The molecule has 0 saturated heterocycles. The standard InChI is InChI=1S/C23H28FN3O2/c1-17-7-11-20(12-8-17)26-23(29)27(21-13-9-19(24)10-14-21)16-4-15-25-22(28)18-5-2-3-6-18/h7-14,18H,2-6,15-16H2,1H3,(H,25,28)(H,26,29). The van der Waals surface area contributed by atoms with E-state index in [0.29, 0.717) is 30.9 Å². The summed E-state index contributed by atoms with van der Waals surface area (Å²) in [6.07, 6.45) is 4.78. The lowest BCUT2D eigenvalue weighted by Crippen LogP contribution is -2.38. The monoisotopic (exact) mass is 397 g/mol. The zero-order chi connectivity index (χ0) is 20.6. The first-order chi connectivity index (χ1) is 14.0. The maximum atomic E-state index is 13.3. The summed E-state index contributed by atoms with van der Waals surface area (Å²) in [5.41, 5.74) is 2.41. The average molecular weight is 397 g/mol. The number of nitrogens with zero attached hydrogens (tertiary/aromatic N) is 1. The summed E-state index contributed by atoms with van der Waals surface area (Å²) >= 11 is 0. The van der Waals surface area contributed by atoms with Gasteiger partial charge < -0.3 is 10.6 Å². The summed E-state index contributed by atoms with van der Waals surface area (Å²) in [6, 6.07) is 13.1. The number of aryl methyl sites for hydroxylation is 1. The average Bonchev–Trinajstić information content (AvgIpc) is 3.25. The Labute approximate surface area is 171 Å². The van der Waals surface area contributed by atoms with Crippen molar-refractivity contribution in [3.05, 3.63) is 59.9 Å². The molecule has 1 saturated carbocycles. The molecule has 1 fully saturated rings. The van der Waals surface area contributed by atoms with Gasteiger partial charge in [-0.05, 0) is 62.6 Å². The fourth-order valence-corrected chi connectivity index (χ4v) is 3.58. The number of anilines is 2. The number of benzene rings is 2. The van der Waals surface area contributed by atoms with Gasteiger partial charge in [-0.2, -0.15) is 0 Å². The van der Waals surface area contributed by atoms with Crippen molar-refractivity contribution in [3.8, 4) is 0 Å². The van der Waals surface area contributed by atoms with Crippen LogP contribution >= 0.6 is 0 Å². The number of urea groups is 1. The van der Waals surface area contributed by atoms with Crippen LogP contribution in [0.25, 0.3) is 0 Å². The Balaban J connectivity index is 1.59. The topological polar surface area (TPSA) is 61.4 Å². The Bertz CT molecular complexity index is 815. The number of carbonyl (C=O) groups excluding carboxylic acids is 2. The van der Waals surface area contributed by atoms with Gasteiger partial charge in [0, 0.05) is 30.4 Å². The molecule has 154 valence electrons. The maximum absolute atomic E-state index is 13.3. The number of nitrogens with one attached hydrogen (secondary N) is 2. The highest BCUT2D eigenvalue weighted by Crippen LogP contribution is 2.24. The van der Waals surface area contributed by atoms with Crippen LogP contribution in [0.3, 0.4) is 0 Å². The normalized spacial score (nSPS) is 13.9. The van der Waals surface area contributed by atoms with Crippen molar-refractivity contribution in [2.24, 2.45) is 5.92 Å². The van der Waals surface area contributed by atoms with Gasteiger partial charge in [0.25, 0.3) is 0 Å². The van der Waals surface area contributed by atoms with Gasteiger partial charge >= 0.3 is 6.03 Å². The number of hydrogen-bond donors (Lipinski definition) is 2. The first-order valence-corrected chi connectivity index (χ1v) is 10.2. The minimum absolute atomic E-state index is 0.111. The van der Waals surface area contributed by atoms with Crippen molar-refractivity contribution >= 4 is 23.3 Å². The van der Waals surface area contributed by atoms with Crippen molar-refractivity contribution in [2.45, 2.75) is 39.0 Å². The van der Waals surface area contributed by atoms with E-state index in [9.17, 15) is 14.0 Å². The predicted octanol–water partition coefficient (Wildman–Crippen LogP) is 4.87. The molecule has 2 N–H and O–H groups in total. The van der Waals surface area contributed by atoms with Gasteiger partial charge in [-0.15, -0.1) is 0 Å². The third-order valence-electron chi connectivity index (χ3n) is 5.27. The van der Waals surface area contributed by atoms with E-state index in [1.807, 2.05) is 31.2 Å². The zero-order valence-electron chi connectivity index (χ0n) is 16.8. The van der Waals surface area contributed by atoms with Crippen LogP contribution in [-0.4, -0.2) is 25.0 Å². The van der Waals surface area contributed by atoms with Crippen molar-refractivity contribution in [3.63, 3.8) is 0 Å². The smallest absolute Gasteiger partial charge is 0.326 e. The van der Waals surface area contributed by atoms with Gasteiger partial charge in [0.05, 0.1) is 0 Å². The molecule has 3 amide bonds. The molecule has 0 radical (unpaired) electrons. The Morgan fingerprint density at radius 3 is 2.34 bits per heavy atom. The number of carbonyl (C=O) groups is 2. The SMILES string of the molecule is Cc1ccc(NC(=O)N(CCCNC(=O)C2CCCC2)c2ccc(F)cc2)cc1. The van der Waals surface area contributed by atoms with Crippen LogP contribution in [0.4, 0.5) is 20.6 Å². The lowest BCUT2D eigenvalue weighted by Gasteiger charge is -2.23. The molecule has 0 heterocycles. The second-order valence-electron chi connectivity index (χ2n) is 7.55. The van der Waals surface area contributed by atoms with Crippen molar-refractivity contribution in [1.82, 2.24) is 5.32 Å².